The highest BCUT2D eigenvalue weighted by atomic mass is 32.2. The number of para-hydroxylation sites is 1. The van der Waals surface area contributed by atoms with Crippen molar-refractivity contribution in [2.24, 2.45) is 5.92 Å². The van der Waals surface area contributed by atoms with Crippen LogP contribution < -0.4 is 10.6 Å². The first kappa shape index (κ1) is 21.9. The smallest absolute Gasteiger partial charge is 0.243 e. The molecule has 2 aromatic carbocycles. The van der Waals surface area contributed by atoms with Gasteiger partial charge in [-0.2, -0.15) is 4.31 Å². The number of piperidine rings is 1. The monoisotopic (exact) mass is 452 g/mol. The van der Waals surface area contributed by atoms with E-state index in [1.54, 1.807) is 18.3 Å². The van der Waals surface area contributed by atoms with E-state index >= 15 is 0 Å². The number of anilines is 2. The number of sulfonamides is 1. The van der Waals surface area contributed by atoms with Gasteiger partial charge in [-0.1, -0.05) is 18.2 Å². The summed E-state index contributed by atoms with van der Waals surface area (Å²) in [6, 6.07) is 15.5. The molecule has 4 rings (SSSR count). The predicted octanol–water partition coefficient (Wildman–Crippen LogP) is 3.23. The lowest BCUT2D eigenvalue weighted by molar-refractivity contribution is -0.121. The Morgan fingerprint density at radius 1 is 1.03 bits per heavy atom. The molecule has 1 aliphatic heterocycles. The van der Waals surface area contributed by atoms with E-state index in [0.29, 0.717) is 30.8 Å². The Morgan fingerprint density at radius 2 is 1.78 bits per heavy atom. The number of nitrogens with zero attached hydrogens (tertiary/aromatic N) is 2. The number of amides is 2. The topological polar surface area (TPSA) is 108 Å². The maximum absolute atomic E-state index is 13.1. The van der Waals surface area contributed by atoms with Crippen LogP contribution in [0.1, 0.15) is 19.8 Å². The Kier molecular flexibility index (Phi) is 6.20. The van der Waals surface area contributed by atoms with Crippen LogP contribution >= 0.6 is 0 Å². The van der Waals surface area contributed by atoms with Crippen molar-refractivity contribution in [3.05, 3.63) is 60.8 Å². The van der Waals surface area contributed by atoms with Gasteiger partial charge in [0.05, 0.1) is 28.2 Å². The first-order chi connectivity index (χ1) is 15.3. The van der Waals surface area contributed by atoms with Crippen molar-refractivity contribution >= 4 is 44.1 Å². The molecular formula is C23H24N4O4S. The average Bonchev–Trinajstić information content (AvgIpc) is 2.79. The highest BCUT2D eigenvalue weighted by Crippen LogP contribution is 2.26. The van der Waals surface area contributed by atoms with Crippen LogP contribution in [-0.2, 0) is 19.6 Å². The third kappa shape index (κ3) is 4.79. The molecule has 166 valence electrons. The normalized spacial score (nSPS) is 17.1. The van der Waals surface area contributed by atoms with Gasteiger partial charge in [0, 0.05) is 31.1 Å². The molecule has 8 nitrogen and oxygen atoms in total. The fourth-order valence-corrected chi connectivity index (χ4v) is 5.34. The maximum Gasteiger partial charge on any atom is 0.243 e. The van der Waals surface area contributed by atoms with E-state index in [0.717, 1.165) is 10.9 Å². The van der Waals surface area contributed by atoms with E-state index in [9.17, 15) is 18.0 Å². The number of hydrogen-bond acceptors (Lipinski definition) is 5. The van der Waals surface area contributed by atoms with E-state index in [1.807, 2.05) is 30.3 Å². The zero-order chi connectivity index (χ0) is 22.7. The van der Waals surface area contributed by atoms with Crippen LogP contribution in [0.25, 0.3) is 10.9 Å². The van der Waals surface area contributed by atoms with Crippen LogP contribution in [0.3, 0.4) is 0 Å². The minimum absolute atomic E-state index is 0.114. The number of pyridine rings is 1. The molecule has 1 fully saturated rings. The molecule has 2 N–H and O–H groups in total. The van der Waals surface area contributed by atoms with E-state index in [2.05, 4.69) is 15.6 Å². The van der Waals surface area contributed by atoms with Crippen molar-refractivity contribution in [1.29, 1.82) is 0 Å². The molecule has 9 heteroatoms. The van der Waals surface area contributed by atoms with Crippen LogP contribution in [0.2, 0.25) is 0 Å². The number of aromatic nitrogens is 1. The lowest BCUT2D eigenvalue weighted by Gasteiger charge is -2.31. The first-order valence-corrected chi connectivity index (χ1v) is 11.8. The molecule has 0 aliphatic carbocycles. The summed E-state index contributed by atoms with van der Waals surface area (Å²) in [6.45, 7) is 1.86. The second-order valence-corrected chi connectivity index (χ2v) is 9.75. The Hall–Kier alpha value is -3.30. The van der Waals surface area contributed by atoms with Crippen molar-refractivity contribution in [1.82, 2.24) is 9.29 Å². The van der Waals surface area contributed by atoms with Crippen molar-refractivity contribution in [2.45, 2.75) is 24.7 Å². The highest BCUT2D eigenvalue weighted by Gasteiger charge is 2.33. The summed E-state index contributed by atoms with van der Waals surface area (Å²) >= 11 is 0. The highest BCUT2D eigenvalue weighted by molar-refractivity contribution is 7.89. The number of carbonyl (C=O) groups excluding carboxylic acids is 2. The summed E-state index contributed by atoms with van der Waals surface area (Å²) < 4.78 is 27.5. The van der Waals surface area contributed by atoms with Crippen molar-refractivity contribution in [3.63, 3.8) is 0 Å². The standard InChI is InChI=1S/C23H24N4O4S/c1-16(28)25-19-8-10-21(11-9-19)32(30,31)27-12-4-6-18(15-27)23(29)26-20-13-17-5-2-3-7-22(17)24-14-20/h2-3,5,7-11,13-14,18H,4,6,12,15H2,1H3,(H,25,28)(H,26,29)/t18-/m0/s1. The Balaban J connectivity index is 1.45. The molecule has 2 heterocycles. The Morgan fingerprint density at radius 3 is 2.53 bits per heavy atom. The van der Waals surface area contributed by atoms with Gasteiger partial charge in [0.15, 0.2) is 0 Å². The fourth-order valence-electron chi connectivity index (χ4n) is 3.82. The zero-order valence-electron chi connectivity index (χ0n) is 17.6. The number of carbonyl (C=O) groups is 2. The van der Waals surface area contributed by atoms with Crippen molar-refractivity contribution in [3.8, 4) is 0 Å². The van der Waals surface area contributed by atoms with E-state index < -0.39 is 15.9 Å². The summed E-state index contributed by atoms with van der Waals surface area (Å²) in [6.07, 6.45) is 2.81. The van der Waals surface area contributed by atoms with Gasteiger partial charge < -0.3 is 10.6 Å². The summed E-state index contributed by atoms with van der Waals surface area (Å²) in [5.74, 6) is -0.904. The zero-order valence-corrected chi connectivity index (χ0v) is 18.4. The lowest BCUT2D eigenvalue weighted by Crippen LogP contribution is -2.43. The van der Waals surface area contributed by atoms with Crippen LogP contribution in [0, 0.1) is 5.92 Å². The molecule has 0 radical (unpaired) electrons. The summed E-state index contributed by atoms with van der Waals surface area (Å²) in [5.41, 5.74) is 1.95. The van der Waals surface area contributed by atoms with Gasteiger partial charge in [0.25, 0.3) is 0 Å². The lowest BCUT2D eigenvalue weighted by atomic mass is 9.99. The minimum atomic E-state index is -3.75. The average molecular weight is 453 g/mol. The summed E-state index contributed by atoms with van der Waals surface area (Å²) in [5, 5.41) is 6.41. The number of rotatable bonds is 5. The van der Waals surface area contributed by atoms with Gasteiger partial charge in [-0.15, -0.1) is 0 Å². The molecule has 1 atom stereocenters. The quantitative estimate of drug-likeness (QED) is 0.618. The fraction of sp³-hybridized carbons (Fsp3) is 0.261. The molecule has 2 amide bonds. The third-order valence-electron chi connectivity index (χ3n) is 5.43. The summed E-state index contributed by atoms with van der Waals surface area (Å²) in [7, 11) is -3.75. The molecule has 0 bridgehead atoms. The molecule has 1 saturated heterocycles. The summed E-state index contributed by atoms with van der Waals surface area (Å²) in [4.78, 5) is 28.5. The number of fused-ring (bicyclic) bond motifs is 1. The molecule has 1 aliphatic rings. The van der Waals surface area contributed by atoms with Gasteiger partial charge in [-0.05, 0) is 49.2 Å². The van der Waals surface area contributed by atoms with Gasteiger partial charge in [0.2, 0.25) is 21.8 Å². The van der Waals surface area contributed by atoms with Crippen LogP contribution in [-0.4, -0.2) is 42.6 Å². The molecule has 1 aromatic heterocycles. The van der Waals surface area contributed by atoms with Gasteiger partial charge in [-0.3, -0.25) is 14.6 Å². The van der Waals surface area contributed by atoms with E-state index in [4.69, 9.17) is 0 Å². The van der Waals surface area contributed by atoms with Crippen molar-refractivity contribution in [2.75, 3.05) is 23.7 Å². The Bertz CT molecular complexity index is 1260. The second kappa shape index (κ2) is 9.05. The maximum atomic E-state index is 13.1. The SMILES string of the molecule is CC(=O)Nc1ccc(S(=O)(=O)N2CCC[C@H](C(=O)Nc3cnc4ccccc4c3)C2)cc1. The first-order valence-electron chi connectivity index (χ1n) is 10.4. The van der Waals surface area contributed by atoms with Crippen LogP contribution in [0.4, 0.5) is 11.4 Å². The minimum Gasteiger partial charge on any atom is -0.326 e. The van der Waals surface area contributed by atoms with E-state index in [1.165, 1.54) is 23.4 Å². The number of nitrogens with one attached hydrogen (secondary N) is 2. The number of hydrogen-bond donors (Lipinski definition) is 2. The van der Waals surface area contributed by atoms with Gasteiger partial charge in [0.1, 0.15) is 0 Å². The molecule has 0 unspecified atom stereocenters. The molecule has 0 spiro atoms. The van der Waals surface area contributed by atoms with Gasteiger partial charge in [-0.25, -0.2) is 8.42 Å². The number of benzene rings is 2. The largest absolute Gasteiger partial charge is 0.326 e. The predicted molar refractivity (Wildman–Crippen MR) is 123 cm³/mol. The molecule has 32 heavy (non-hydrogen) atoms. The van der Waals surface area contributed by atoms with Crippen molar-refractivity contribution < 1.29 is 18.0 Å². The van der Waals surface area contributed by atoms with Crippen LogP contribution in [0.15, 0.2) is 65.7 Å². The van der Waals surface area contributed by atoms with E-state index in [-0.39, 0.29) is 23.3 Å². The third-order valence-corrected chi connectivity index (χ3v) is 7.30. The van der Waals surface area contributed by atoms with Crippen LogP contribution in [0.5, 0.6) is 0 Å². The molecule has 3 aromatic rings. The molecule has 0 saturated carbocycles. The van der Waals surface area contributed by atoms with Gasteiger partial charge >= 0.3 is 0 Å². The Labute approximate surface area is 186 Å². The second-order valence-electron chi connectivity index (χ2n) is 7.81. The molecular weight excluding hydrogens is 428 g/mol.